The van der Waals surface area contributed by atoms with Crippen LogP contribution in [0.25, 0.3) is 6.08 Å². The molecule has 1 saturated heterocycles. The molecule has 3 aromatic rings. The molecular weight excluding hydrogens is 416 g/mol. The number of phenols is 1. The van der Waals surface area contributed by atoms with E-state index in [1.807, 2.05) is 6.07 Å². The molecule has 1 amide bonds. The van der Waals surface area contributed by atoms with Gasteiger partial charge in [-0.2, -0.15) is 5.10 Å². The van der Waals surface area contributed by atoms with Gasteiger partial charge in [-0.15, -0.1) is 5.10 Å². The van der Waals surface area contributed by atoms with Crippen molar-refractivity contribution in [3.63, 3.8) is 0 Å². The monoisotopic (exact) mass is 434 g/mol. The molecule has 1 aromatic carbocycles. The number of thioether (sulfide) groups is 1. The van der Waals surface area contributed by atoms with Gasteiger partial charge in [0, 0.05) is 18.0 Å². The molecule has 156 valence electrons. The number of pyridine rings is 1. The molecule has 1 fully saturated rings. The number of nitrogens with zero attached hydrogens (tertiary/aromatic N) is 4. The number of benzene rings is 1. The molecule has 4 rings (SSSR count). The Kier molecular flexibility index (Phi) is 6.13. The molecular formula is C22H18N4O4S. The SMILES string of the molecule is COc1cc(/C=C2\S/C(=N/N=C\c3cccnc3)N(Cc3ccco3)C2=O)ccc1O. The number of rotatable bonds is 6. The normalized spacial score (nSPS) is 16.7. The topological polar surface area (TPSA) is 101 Å². The van der Waals surface area contributed by atoms with Crippen LogP contribution in [0.4, 0.5) is 0 Å². The van der Waals surface area contributed by atoms with E-state index < -0.39 is 0 Å². The van der Waals surface area contributed by atoms with Crippen LogP contribution in [-0.2, 0) is 11.3 Å². The zero-order valence-corrected chi connectivity index (χ0v) is 17.3. The molecule has 0 bridgehead atoms. The molecule has 0 atom stereocenters. The zero-order valence-electron chi connectivity index (χ0n) is 16.5. The van der Waals surface area contributed by atoms with Gasteiger partial charge in [-0.25, -0.2) is 0 Å². The second-order valence-electron chi connectivity index (χ2n) is 6.43. The molecule has 9 heteroatoms. The zero-order chi connectivity index (χ0) is 21.6. The van der Waals surface area contributed by atoms with Crippen molar-refractivity contribution in [1.82, 2.24) is 9.88 Å². The summed E-state index contributed by atoms with van der Waals surface area (Å²) in [5, 5.41) is 18.6. The van der Waals surface area contributed by atoms with Gasteiger partial charge < -0.3 is 14.3 Å². The second-order valence-corrected chi connectivity index (χ2v) is 7.44. The third kappa shape index (κ3) is 4.84. The van der Waals surface area contributed by atoms with E-state index in [9.17, 15) is 9.90 Å². The number of methoxy groups -OCH3 is 1. The van der Waals surface area contributed by atoms with Gasteiger partial charge >= 0.3 is 0 Å². The predicted molar refractivity (Wildman–Crippen MR) is 119 cm³/mol. The Bertz CT molecular complexity index is 1160. The number of ether oxygens (including phenoxy) is 1. The Morgan fingerprint density at radius 2 is 2.16 bits per heavy atom. The summed E-state index contributed by atoms with van der Waals surface area (Å²) in [6.45, 7) is 0.232. The summed E-state index contributed by atoms with van der Waals surface area (Å²) >= 11 is 1.21. The van der Waals surface area contributed by atoms with Gasteiger partial charge in [-0.3, -0.25) is 14.7 Å². The van der Waals surface area contributed by atoms with Crippen LogP contribution in [0.2, 0.25) is 0 Å². The number of furan rings is 1. The van der Waals surface area contributed by atoms with Gasteiger partial charge in [0.25, 0.3) is 5.91 Å². The second kappa shape index (κ2) is 9.31. The van der Waals surface area contributed by atoms with Crippen LogP contribution >= 0.6 is 11.8 Å². The molecule has 0 saturated carbocycles. The Labute approximate surface area is 182 Å². The van der Waals surface area contributed by atoms with E-state index in [0.717, 1.165) is 5.56 Å². The van der Waals surface area contributed by atoms with Crippen LogP contribution in [0.3, 0.4) is 0 Å². The minimum absolute atomic E-state index is 0.0292. The van der Waals surface area contributed by atoms with E-state index in [-0.39, 0.29) is 18.2 Å². The van der Waals surface area contributed by atoms with Gasteiger partial charge in [0.2, 0.25) is 0 Å². The highest BCUT2D eigenvalue weighted by molar-refractivity contribution is 8.18. The highest BCUT2D eigenvalue weighted by atomic mass is 32.2. The standard InChI is InChI=1S/C22H18N4O4S/c1-29-19-10-15(6-7-18(19)27)11-20-21(28)26(14-17-5-3-9-30-17)22(31-20)25-24-13-16-4-2-8-23-12-16/h2-13,27H,14H2,1H3/b20-11-,24-13-,25-22+. The molecule has 8 nitrogen and oxygen atoms in total. The number of aromatic hydroxyl groups is 1. The Morgan fingerprint density at radius 1 is 1.26 bits per heavy atom. The lowest BCUT2D eigenvalue weighted by molar-refractivity contribution is -0.122. The first-order chi connectivity index (χ1) is 15.1. The van der Waals surface area contributed by atoms with Crippen molar-refractivity contribution in [1.29, 1.82) is 0 Å². The molecule has 0 unspecified atom stereocenters. The summed E-state index contributed by atoms with van der Waals surface area (Å²) in [5.41, 5.74) is 1.51. The lowest BCUT2D eigenvalue weighted by Gasteiger charge is -2.12. The molecule has 1 N–H and O–H groups in total. The summed E-state index contributed by atoms with van der Waals surface area (Å²) in [5.74, 6) is 0.767. The van der Waals surface area contributed by atoms with Crippen molar-refractivity contribution < 1.29 is 19.1 Å². The first-order valence-electron chi connectivity index (χ1n) is 9.26. The first kappa shape index (κ1) is 20.4. The highest BCUT2D eigenvalue weighted by Gasteiger charge is 2.34. The summed E-state index contributed by atoms with van der Waals surface area (Å²) in [4.78, 5) is 19.1. The third-order valence-electron chi connectivity index (χ3n) is 4.32. The maximum Gasteiger partial charge on any atom is 0.267 e. The molecule has 1 aliphatic rings. The Balaban J connectivity index is 1.63. The Hall–Kier alpha value is -3.85. The smallest absolute Gasteiger partial charge is 0.267 e. The van der Waals surface area contributed by atoms with Crippen molar-refractivity contribution in [3.05, 3.63) is 82.9 Å². The quantitative estimate of drug-likeness (QED) is 0.359. The van der Waals surface area contributed by atoms with Gasteiger partial charge in [0.1, 0.15) is 5.76 Å². The highest BCUT2D eigenvalue weighted by Crippen LogP contribution is 2.35. The summed E-state index contributed by atoms with van der Waals surface area (Å²) in [6, 6.07) is 12.1. The minimum atomic E-state index is -0.219. The van der Waals surface area contributed by atoms with Crippen molar-refractivity contribution in [2.24, 2.45) is 10.2 Å². The predicted octanol–water partition coefficient (Wildman–Crippen LogP) is 3.90. The maximum atomic E-state index is 13.1. The van der Waals surface area contributed by atoms with Gasteiger partial charge in [-0.1, -0.05) is 12.1 Å². The number of hydrogen-bond donors (Lipinski definition) is 1. The molecule has 0 aliphatic carbocycles. The van der Waals surface area contributed by atoms with Gasteiger partial charge in [-0.05, 0) is 53.7 Å². The lowest BCUT2D eigenvalue weighted by Crippen LogP contribution is -2.28. The largest absolute Gasteiger partial charge is 0.504 e. The third-order valence-corrected chi connectivity index (χ3v) is 5.32. The molecule has 0 radical (unpaired) electrons. The van der Waals surface area contributed by atoms with E-state index in [1.54, 1.807) is 61.3 Å². The van der Waals surface area contributed by atoms with Crippen LogP contribution in [0.5, 0.6) is 11.5 Å². The minimum Gasteiger partial charge on any atom is -0.504 e. The van der Waals surface area contributed by atoms with Crippen LogP contribution in [0.15, 0.2) is 80.6 Å². The molecule has 1 aliphatic heterocycles. The fraction of sp³-hybridized carbons (Fsp3) is 0.0909. The molecule has 3 heterocycles. The number of carbonyl (C=O) groups is 1. The molecule has 0 spiro atoms. The molecule has 2 aromatic heterocycles. The van der Waals surface area contributed by atoms with Crippen molar-refractivity contribution in [3.8, 4) is 11.5 Å². The van der Waals surface area contributed by atoms with E-state index in [0.29, 0.717) is 27.1 Å². The summed E-state index contributed by atoms with van der Waals surface area (Å²) < 4.78 is 10.5. The summed E-state index contributed by atoms with van der Waals surface area (Å²) in [7, 11) is 1.47. The fourth-order valence-electron chi connectivity index (χ4n) is 2.81. The van der Waals surface area contributed by atoms with Crippen LogP contribution < -0.4 is 4.74 Å². The number of carbonyl (C=O) groups excluding carboxylic acids is 1. The number of aromatic nitrogens is 1. The number of phenolic OH excluding ortho intramolecular Hbond substituents is 1. The van der Waals surface area contributed by atoms with E-state index in [1.165, 1.54) is 29.8 Å². The number of hydrogen-bond acceptors (Lipinski definition) is 8. The van der Waals surface area contributed by atoms with E-state index in [4.69, 9.17) is 9.15 Å². The van der Waals surface area contributed by atoms with Crippen molar-refractivity contribution in [2.75, 3.05) is 7.11 Å². The number of amides is 1. The fourth-order valence-corrected chi connectivity index (χ4v) is 3.75. The summed E-state index contributed by atoms with van der Waals surface area (Å²) in [6.07, 6.45) is 8.19. The van der Waals surface area contributed by atoms with Crippen molar-refractivity contribution >= 4 is 35.1 Å². The van der Waals surface area contributed by atoms with E-state index in [2.05, 4.69) is 15.2 Å². The van der Waals surface area contributed by atoms with Crippen molar-refractivity contribution in [2.45, 2.75) is 6.54 Å². The average molecular weight is 434 g/mol. The lowest BCUT2D eigenvalue weighted by atomic mass is 10.2. The number of amidine groups is 1. The van der Waals surface area contributed by atoms with Crippen LogP contribution in [-0.4, -0.2) is 39.4 Å². The van der Waals surface area contributed by atoms with Gasteiger partial charge in [0.15, 0.2) is 16.7 Å². The van der Waals surface area contributed by atoms with Crippen LogP contribution in [0, 0.1) is 0 Å². The maximum absolute atomic E-state index is 13.1. The molecule has 31 heavy (non-hydrogen) atoms. The average Bonchev–Trinajstić information content (AvgIpc) is 3.40. The van der Waals surface area contributed by atoms with E-state index >= 15 is 0 Å². The van der Waals surface area contributed by atoms with Crippen LogP contribution in [0.1, 0.15) is 16.9 Å². The van der Waals surface area contributed by atoms with Gasteiger partial charge in [0.05, 0.1) is 31.0 Å². The first-order valence-corrected chi connectivity index (χ1v) is 10.1. The Morgan fingerprint density at radius 3 is 2.90 bits per heavy atom.